The van der Waals surface area contributed by atoms with Crippen molar-refractivity contribution in [2.24, 2.45) is 16.7 Å². The van der Waals surface area contributed by atoms with Crippen LogP contribution in [-0.2, 0) is 11.8 Å². The number of likely N-dealkylation sites (N-methyl/N-ethyl adjacent to an activating group) is 1. The normalized spacial score (nSPS) is 38.1. The lowest BCUT2D eigenvalue weighted by atomic mass is 9.50. The van der Waals surface area contributed by atoms with Gasteiger partial charge in [-0.2, -0.15) is 5.10 Å². The fraction of sp³-hybridized carbons (Fsp3) is 0.429. The number of amides is 1. The number of aliphatic hydroxyl groups is 1. The van der Waals surface area contributed by atoms with Crippen LogP contribution < -0.4 is 11.6 Å². The molecule has 2 aliphatic carbocycles. The number of hydrazone groups is 1. The topological polar surface area (TPSA) is 102 Å². The van der Waals surface area contributed by atoms with Crippen molar-refractivity contribution in [3.8, 4) is 0 Å². The van der Waals surface area contributed by atoms with Crippen molar-refractivity contribution in [3.05, 3.63) is 59.7 Å². The lowest BCUT2D eigenvalue weighted by Gasteiger charge is -2.63. The van der Waals surface area contributed by atoms with E-state index < -0.39 is 16.9 Å². The summed E-state index contributed by atoms with van der Waals surface area (Å²) >= 11 is 0. The highest BCUT2D eigenvalue weighted by Gasteiger charge is 2.67. The maximum absolute atomic E-state index is 12.1. The molecule has 2 bridgehead atoms. The second-order valence-electron chi connectivity index (χ2n) is 8.42. The van der Waals surface area contributed by atoms with E-state index in [4.69, 9.17) is 11.6 Å². The maximum atomic E-state index is 12.1. The predicted molar refractivity (Wildman–Crippen MR) is 105 cm³/mol. The molecule has 1 fully saturated rings. The van der Waals surface area contributed by atoms with E-state index in [2.05, 4.69) is 18.7 Å². The van der Waals surface area contributed by atoms with Crippen molar-refractivity contribution in [2.45, 2.75) is 36.3 Å². The third-order valence-corrected chi connectivity index (χ3v) is 7.12. The number of carbonyl (C=O) groups is 1. The minimum absolute atomic E-state index is 0.00764. The van der Waals surface area contributed by atoms with Gasteiger partial charge in [-0.3, -0.25) is 4.79 Å². The summed E-state index contributed by atoms with van der Waals surface area (Å²) in [7, 11) is 2.19. The zero-order valence-corrected chi connectivity index (χ0v) is 15.7. The number of piperidine rings is 1. The number of nitrogens with zero attached hydrogens (tertiary/aromatic N) is 2. The summed E-state index contributed by atoms with van der Waals surface area (Å²) in [5.74, 6) is 5.14. The highest BCUT2D eigenvalue weighted by Crippen LogP contribution is 2.57. The van der Waals surface area contributed by atoms with E-state index in [1.807, 2.05) is 30.4 Å². The molecule has 1 aromatic carbocycles. The molecule has 1 saturated heterocycles. The SMILES string of the molecule is C=CC[N+]1(C)CC[C@]23CC(=NN)C=C[C@@]2(O)[C@H]1Cc1ccc(C(N)=O)cc13. The molecule has 4 rings (SSSR count). The average Bonchev–Trinajstić information content (AvgIpc) is 2.64. The van der Waals surface area contributed by atoms with E-state index in [1.165, 1.54) is 0 Å². The van der Waals surface area contributed by atoms with Gasteiger partial charge in [0.1, 0.15) is 11.6 Å². The second-order valence-corrected chi connectivity index (χ2v) is 8.42. The van der Waals surface area contributed by atoms with Gasteiger partial charge in [-0.1, -0.05) is 12.6 Å². The van der Waals surface area contributed by atoms with Gasteiger partial charge < -0.3 is 21.2 Å². The number of nitrogens with two attached hydrogens (primary N) is 2. The van der Waals surface area contributed by atoms with E-state index in [0.717, 1.165) is 47.3 Å². The summed E-state index contributed by atoms with van der Waals surface area (Å²) in [5.41, 5.74) is 7.34. The fourth-order valence-corrected chi connectivity index (χ4v) is 5.67. The van der Waals surface area contributed by atoms with E-state index in [0.29, 0.717) is 12.0 Å². The molecule has 0 radical (unpaired) electrons. The molecule has 3 aliphatic rings. The average molecular weight is 367 g/mol. The van der Waals surface area contributed by atoms with Gasteiger partial charge in [0.2, 0.25) is 5.91 Å². The molecule has 27 heavy (non-hydrogen) atoms. The molecule has 6 nitrogen and oxygen atoms in total. The van der Waals surface area contributed by atoms with Gasteiger partial charge in [0.15, 0.2) is 0 Å². The van der Waals surface area contributed by atoms with Crippen molar-refractivity contribution in [1.82, 2.24) is 0 Å². The van der Waals surface area contributed by atoms with Crippen molar-refractivity contribution >= 4 is 11.6 Å². The Balaban J connectivity index is 1.99. The lowest BCUT2D eigenvalue weighted by Crippen LogP contribution is -2.77. The molecule has 5 N–H and O–H groups in total. The number of carbonyl (C=O) groups excluding carboxylic acids is 1. The quantitative estimate of drug-likeness (QED) is 0.321. The first kappa shape index (κ1) is 17.9. The van der Waals surface area contributed by atoms with Gasteiger partial charge in [0.05, 0.1) is 25.8 Å². The molecule has 1 amide bonds. The summed E-state index contributed by atoms with van der Waals surface area (Å²) in [6, 6.07) is 5.64. The fourth-order valence-electron chi connectivity index (χ4n) is 5.67. The number of hydrogen-bond acceptors (Lipinski definition) is 4. The van der Waals surface area contributed by atoms with Crippen LogP contribution in [0, 0.1) is 0 Å². The van der Waals surface area contributed by atoms with Gasteiger partial charge in [-0.15, -0.1) is 0 Å². The third-order valence-electron chi connectivity index (χ3n) is 7.12. The van der Waals surface area contributed by atoms with Crippen LogP contribution in [0.5, 0.6) is 0 Å². The number of likely N-dealkylation sites (tertiary alicyclic amines) is 1. The second kappa shape index (κ2) is 5.78. The number of fused-ring (bicyclic) bond motifs is 1. The van der Waals surface area contributed by atoms with Gasteiger partial charge in [0, 0.05) is 30.2 Å². The standard InChI is InChI=1S/C21H26N4O2/c1-3-9-25(2)10-8-20-13-16(24-23)6-7-21(20,27)18(25)12-14-4-5-15(19(22)26)11-17(14)20/h3-7,11,18,27H,1,8-10,12-13,23H2,2H3,(H-,22,26)/p+1/t18-,20-,21-,25?/m1/s1. The van der Waals surface area contributed by atoms with Gasteiger partial charge in [-0.05, 0) is 41.5 Å². The van der Waals surface area contributed by atoms with Gasteiger partial charge >= 0.3 is 0 Å². The monoisotopic (exact) mass is 367 g/mol. The zero-order chi connectivity index (χ0) is 19.4. The molecule has 6 heteroatoms. The smallest absolute Gasteiger partial charge is 0.248 e. The first-order valence-electron chi connectivity index (χ1n) is 9.36. The molecule has 0 spiro atoms. The number of benzene rings is 1. The molecule has 1 heterocycles. The van der Waals surface area contributed by atoms with Crippen LogP contribution in [0.4, 0.5) is 0 Å². The van der Waals surface area contributed by atoms with E-state index in [1.54, 1.807) is 6.07 Å². The Labute approximate surface area is 159 Å². The van der Waals surface area contributed by atoms with Crippen LogP contribution >= 0.6 is 0 Å². The largest absolute Gasteiger partial charge is 0.379 e. The first-order valence-corrected chi connectivity index (χ1v) is 9.36. The summed E-state index contributed by atoms with van der Waals surface area (Å²) in [4.78, 5) is 11.8. The summed E-state index contributed by atoms with van der Waals surface area (Å²) in [6.45, 7) is 5.63. The Hall–Kier alpha value is -2.44. The van der Waals surface area contributed by atoms with Crippen LogP contribution in [0.15, 0.2) is 48.1 Å². The maximum Gasteiger partial charge on any atom is 0.248 e. The molecule has 142 valence electrons. The van der Waals surface area contributed by atoms with E-state index >= 15 is 0 Å². The van der Waals surface area contributed by atoms with Crippen molar-refractivity contribution in [2.75, 3.05) is 20.1 Å². The number of rotatable bonds is 3. The first-order chi connectivity index (χ1) is 12.8. The van der Waals surface area contributed by atoms with Crippen molar-refractivity contribution in [1.29, 1.82) is 0 Å². The molecule has 1 aliphatic heterocycles. The molecule has 1 unspecified atom stereocenters. The Morgan fingerprint density at radius 2 is 2.30 bits per heavy atom. The highest BCUT2D eigenvalue weighted by atomic mass is 16.3. The Kier molecular flexibility index (Phi) is 3.84. The summed E-state index contributed by atoms with van der Waals surface area (Å²) in [6.07, 6.45) is 7.71. The summed E-state index contributed by atoms with van der Waals surface area (Å²) < 4.78 is 0.734. The van der Waals surface area contributed by atoms with Crippen molar-refractivity contribution < 1.29 is 14.4 Å². The molecule has 0 aromatic heterocycles. The Morgan fingerprint density at radius 1 is 1.52 bits per heavy atom. The third kappa shape index (κ3) is 2.26. The van der Waals surface area contributed by atoms with Crippen LogP contribution in [0.25, 0.3) is 0 Å². The molecule has 1 aromatic rings. The minimum Gasteiger partial charge on any atom is -0.379 e. The molecular weight excluding hydrogens is 340 g/mol. The number of hydrogen-bond donors (Lipinski definition) is 3. The molecule has 0 saturated carbocycles. The highest BCUT2D eigenvalue weighted by molar-refractivity contribution is 5.98. The lowest BCUT2D eigenvalue weighted by molar-refractivity contribution is -0.942. The number of allylic oxidation sites excluding steroid dienone is 1. The van der Waals surface area contributed by atoms with Crippen LogP contribution in [0.2, 0.25) is 0 Å². The Bertz CT molecular complexity index is 892. The van der Waals surface area contributed by atoms with E-state index in [9.17, 15) is 9.90 Å². The Morgan fingerprint density at radius 3 is 2.96 bits per heavy atom. The van der Waals surface area contributed by atoms with Crippen LogP contribution in [-0.4, -0.2) is 53.0 Å². The van der Waals surface area contributed by atoms with E-state index in [-0.39, 0.29) is 6.04 Å². The molecular formula is C21H27N4O2+. The van der Waals surface area contributed by atoms with Crippen molar-refractivity contribution in [3.63, 3.8) is 0 Å². The number of primary amides is 1. The minimum atomic E-state index is -1.04. The van der Waals surface area contributed by atoms with Crippen LogP contribution in [0.1, 0.15) is 34.3 Å². The predicted octanol–water partition coefficient (Wildman–Crippen LogP) is 0.990. The molecule has 4 atom stereocenters. The van der Waals surface area contributed by atoms with Gasteiger partial charge in [0.25, 0.3) is 0 Å². The zero-order valence-electron chi connectivity index (χ0n) is 15.7. The van der Waals surface area contributed by atoms with Crippen LogP contribution in [0.3, 0.4) is 0 Å². The number of quaternary nitrogens is 1. The summed E-state index contributed by atoms with van der Waals surface area (Å²) in [5, 5.41) is 16.0. The van der Waals surface area contributed by atoms with Gasteiger partial charge in [-0.25, -0.2) is 0 Å².